The van der Waals surface area contributed by atoms with E-state index in [9.17, 15) is 9.59 Å². The molecule has 0 fully saturated rings. The second kappa shape index (κ2) is 9.11. The van der Waals surface area contributed by atoms with Crippen LogP contribution >= 0.6 is 23.4 Å². The summed E-state index contributed by atoms with van der Waals surface area (Å²) in [5, 5.41) is 14.6. The zero-order valence-electron chi connectivity index (χ0n) is 13.5. The number of aryl methyl sites for hydroxylation is 1. The van der Waals surface area contributed by atoms with Crippen molar-refractivity contribution >= 4 is 46.6 Å². The molecule has 0 saturated heterocycles. The van der Waals surface area contributed by atoms with Crippen LogP contribution in [-0.2, 0) is 9.59 Å². The summed E-state index contributed by atoms with van der Waals surface area (Å²) in [5.74, 6) is -0.0899. The number of anilines is 2. The molecule has 2 rings (SSSR count). The van der Waals surface area contributed by atoms with Gasteiger partial charge in [-0.25, -0.2) is 0 Å². The zero-order chi connectivity index (χ0) is 18.2. The molecule has 0 spiro atoms. The highest BCUT2D eigenvalue weighted by atomic mass is 35.5. The third-order valence-corrected chi connectivity index (χ3v) is 4.39. The molecule has 2 N–H and O–H groups in total. The standard InChI is InChI=1S/C18H16ClN3O2S/c1-12-3-2-4-14(7-12)21-17(23)10-25-11-18(24)22-15-6-5-13(9-20)16(19)8-15/h2-8H,10-11H2,1H3,(H,21,23)(H,22,24). The Morgan fingerprint density at radius 1 is 1.08 bits per heavy atom. The van der Waals surface area contributed by atoms with Crippen molar-refractivity contribution in [1.82, 2.24) is 0 Å². The lowest BCUT2D eigenvalue weighted by atomic mass is 10.2. The fraction of sp³-hybridized carbons (Fsp3) is 0.167. The SMILES string of the molecule is Cc1cccc(NC(=O)CSCC(=O)Nc2ccc(C#N)c(Cl)c2)c1. The molecule has 0 saturated carbocycles. The van der Waals surface area contributed by atoms with Crippen molar-refractivity contribution in [3.63, 3.8) is 0 Å². The number of amides is 2. The Bertz CT molecular complexity index is 833. The number of thioether (sulfide) groups is 1. The predicted octanol–water partition coefficient (Wildman–Crippen LogP) is 3.83. The van der Waals surface area contributed by atoms with Gasteiger partial charge in [0.2, 0.25) is 11.8 Å². The quantitative estimate of drug-likeness (QED) is 0.806. The van der Waals surface area contributed by atoms with E-state index in [1.807, 2.05) is 37.3 Å². The number of benzene rings is 2. The molecule has 2 amide bonds. The number of nitriles is 1. The minimum atomic E-state index is -0.242. The summed E-state index contributed by atoms with van der Waals surface area (Å²) in [6.45, 7) is 1.95. The van der Waals surface area contributed by atoms with Crippen LogP contribution in [0.1, 0.15) is 11.1 Å². The average Bonchev–Trinajstić information content (AvgIpc) is 2.55. The van der Waals surface area contributed by atoms with E-state index in [-0.39, 0.29) is 28.3 Å². The number of carbonyl (C=O) groups excluding carboxylic acids is 2. The van der Waals surface area contributed by atoms with Crippen molar-refractivity contribution in [2.75, 3.05) is 22.1 Å². The molecule has 0 aliphatic carbocycles. The Morgan fingerprint density at radius 2 is 1.72 bits per heavy atom. The van der Waals surface area contributed by atoms with Gasteiger partial charge in [0, 0.05) is 11.4 Å². The minimum absolute atomic E-state index is 0.138. The van der Waals surface area contributed by atoms with Gasteiger partial charge in [0.15, 0.2) is 0 Å². The lowest BCUT2D eigenvalue weighted by Gasteiger charge is -2.07. The molecule has 7 heteroatoms. The molecule has 25 heavy (non-hydrogen) atoms. The minimum Gasteiger partial charge on any atom is -0.325 e. The van der Waals surface area contributed by atoms with Crippen molar-refractivity contribution in [3.05, 3.63) is 58.6 Å². The molecular weight excluding hydrogens is 358 g/mol. The van der Waals surface area contributed by atoms with Crippen molar-refractivity contribution in [2.45, 2.75) is 6.92 Å². The van der Waals surface area contributed by atoms with Crippen LogP contribution in [0.3, 0.4) is 0 Å². The van der Waals surface area contributed by atoms with Gasteiger partial charge in [-0.2, -0.15) is 5.26 Å². The number of nitrogens with zero attached hydrogens (tertiary/aromatic N) is 1. The van der Waals surface area contributed by atoms with Gasteiger partial charge >= 0.3 is 0 Å². The Hall–Kier alpha value is -2.49. The molecular formula is C18H16ClN3O2S. The Morgan fingerprint density at radius 3 is 2.28 bits per heavy atom. The summed E-state index contributed by atoms with van der Waals surface area (Å²) in [6.07, 6.45) is 0. The lowest BCUT2D eigenvalue weighted by Crippen LogP contribution is -2.18. The highest BCUT2D eigenvalue weighted by molar-refractivity contribution is 8.00. The maximum Gasteiger partial charge on any atom is 0.234 e. The molecule has 0 aliphatic heterocycles. The Balaban J connectivity index is 1.76. The highest BCUT2D eigenvalue weighted by Gasteiger charge is 2.08. The first kappa shape index (κ1) is 18.8. The van der Waals surface area contributed by atoms with Crippen molar-refractivity contribution in [3.8, 4) is 6.07 Å². The largest absolute Gasteiger partial charge is 0.325 e. The second-order valence-corrected chi connectivity index (χ2v) is 6.66. The molecule has 0 atom stereocenters. The number of rotatable bonds is 6. The number of hydrogen-bond acceptors (Lipinski definition) is 4. The maximum absolute atomic E-state index is 11.9. The molecule has 2 aromatic carbocycles. The third-order valence-electron chi connectivity index (χ3n) is 3.14. The van der Waals surface area contributed by atoms with Gasteiger partial charge in [-0.05, 0) is 42.8 Å². The van der Waals surface area contributed by atoms with Crippen molar-refractivity contribution in [1.29, 1.82) is 5.26 Å². The fourth-order valence-corrected chi connectivity index (χ4v) is 2.88. The van der Waals surface area contributed by atoms with Crippen molar-refractivity contribution < 1.29 is 9.59 Å². The van der Waals surface area contributed by atoms with Gasteiger partial charge in [0.05, 0.1) is 22.1 Å². The number of halogens is 1. The first-order chi connectivity index (χ1) is 12.0. The fourth-order valence-electron chi connectivity index (χ4n) is 2.04. The maximum atomic E-state index is 11.9. The molecule has 0 aromatic heterocycles. The predicted molar refractivity (Wildman–Crippen MR) is 102 cm³/mol. The van der Waals surface area contributed by atoms with Crippen LogP contribution < -0.4 is 10.6 Å². The molecule has 0 aliphatic rings. The van der Waals surface area contributed by atoms with E-state index in [1.165, 1.54) is 17.8 Å². The molecule has 0 bridgehead atoms. The van der Waals surface area contributed by atoms with E-state index in [0.717, 1.165) is 11.3 Å². The van der Waals surface area contributed by atoms with Gasteiger partial charge in [-0.1, -0.05) is 23.7 Å². The number of carbonyl (C=O) groups is 2. The van der Waals surface area contributed by atoms with E-state index in [2.05, 4.69) is 10.6 Å². The van der Waals surface area contributed by atoms with Crippen LogP contribution in [0.2, 0.25) is 5.02 Å². The van der Waals surface area contributed by atoms with Crippen LogP contribution in [0.5, 0.6) is 0 Å². The molecule has 0 heterocycles. The summed E-state index contributed by atoms with van der Waals surface area (Å²) in [7, 11) is 0. The van der Waals surface area contributed by atoms with E-state index in [1.54, 1.807) is 12.1 Å². The summed E-state index contributed by atoms with van der Waals surface area (Å²) in [4.78, 5) is 23.8. The summed E-state index contributed by atoms with van der Waals surface area (Å²) < 4.78 is 0. The Kier molecular flexibility index (Phi) is 6.87. The molecule has 2 aromatic rings. The summed E-state index contributed by atoms with van der Waals surface area (Å²) >= 11 is 7.13. The topological polar surface area (TPSA) is 82.0 Å². The normalized spacial score (nSPS) is 9.96. The van der Waals surface area contributed by atoms with Crippen LogP contribution in [0, 0.1) is 18.3 Å². The molecule has 5 nitrogen and oxygen atoms in total. The van der Waals surface area contributed by atoms with Crippen LogP contribution in [0.25, 0.3) is 0 Å². The summed E-state index contributed by atoms with van der Waals surface area (Å²) in [6, 6.07) is 14.1. The van der Waals surface area contributed by atoms with Gasteiger partial charge in [0.1, 0.15) is 6.07 Å². The van der Waals surface area contributed by atoms with Gasteiger partial charge in [-0.3, -0.25) is 9.59 Å². The molecule has 0 unspecified atom stereocenters. The first-order valence-electron chi connectivity index (χ1n) is 7.41. The lowest BCUT2D eigenvalue weighted by molar-refractivity contribution is -0.114. The van der Waals surface area contributed by atoms with Crippen LogP contribution in [-0.4, -0.2) is 23.3 Å². The first-order valence-corrected chi connectivity index (χ1v) is 8.95. The monoisotopic (exact) mass is 373 g/mol. The van der Waals surface area contributed by atoms with Gasteiger partial charge in [0.25, 0.3) is 0 Å². The van der Waals surface area contributed by atoms with Gasteiger partial charge < -0.3 is 10.6 Å². The van der Waals surface area contributed by atoms with E-state index in [0.29, 0.717) is 11.3 Å². The number of hydrogen-bond donors (Lipinski definition) is 2. The molecule has 0 radical (unpaired) electrons. The van der Waals surface area contributed by atoms with E-state index < -0.39 is 0 Å². The zero-order valence-corrected chi connectivity index (χ0v) is 15.1. The third kappa shape index (κ3) is 6.14. The summed E-state index contributed by atoms with van der Waals surface area (Å²) in [5.41, 5.74) is 2.66. The van der Waals surface area contributed by atoms with E-state index in [4.69, 9.17) is 16.9 Å². The van der Waals surface area contributed by atoms with Crippen molar-refractivity contribution in [2.24, 2.45) is 0 Å². The molecule has 128 valence electrons. The van der Waals surface area contributed by atoms with E-state index >= 15 is 0 Å². The second-order valence-electron chi connectivity index (χ2n) is 5.27. The highest BCUT2D eigenvalue weighted by Crippen LogP contribution is 2.20. The van der Waals surface area contributed by atoms with Crippen LogP contribution in [0.4, 0.5) is 11.4 Å². The smallest absolute Gasteiger partial charge is 0.234 e. The Labute approximate surface area is 155 Å². The number of nitrogens with one attached hydrogen (secondary N) is 2. The van der Waals surface area contributed by atoms with Crippen LogP contribution in [0.15, 0.2) is 42.5 Å². The van der Waals surface area contributed by atoms with Gasteiger partial charge in [-0.15, -0.1) is 11.8 Å². The average molecular weight is 374 g/mol.